The number of aldehydes is 1. The van der Waals surface area contributed by atoms with Gasteiger partial charge in [0.1, 0.15) is 6.29 Å². The Balaban J connectivity index is 1.55. The fourth-order valence-electron chi connectivity index (χ4n) is 3.75. The summed E-state index contributed by atoms with van der Waals surface area (Å²) < 4.78 is 28.9. The van der Waals surface area contributed by atoms with E-state index in [1.165, 1.54) is 6.07 Å². The molecule has 4 aromatic rings. The number of nitrogens with one attached hydrogen (secondary N) is 2. The Morgan fingerprint density at radius 3 is 2.32 bits per heavy atom. The van der Waals surface area contributed by atoms with E-state index < -0.39 is 22.0 Å². The van der Waals surface area contributed by atoms with Crippen molar-refractivity contribution in [3.05, 3.63) is 108 Å². The quantitative estimate of drug-likeness (QED) is 0.370. The number of sulfonamides is 1. The number of aryl methyl sites for hydroxylation is 1. The summed E-state index contributed by atoms with van der Waals surface area (Å²) in [5, 5.41) is 4.59. The zero-order valence-corrected chi connectivity index (χ0v) is 19.4. The first kappa shape index (κ1) is 23.2. The number of carbonyl (C=O) groups excluding carboxylic acids is 2. The number of amides is 1. The molecule has 7 heteroatoms. The third kappa shape index (κ3) is 5.32. The van der Waals surface area contributed by atoms with Gasteiger partial charge in [0, 0.05) is 11.3 Å². The van der Waals surface area contributed by atoms with Gasteiger partial charge in [0.25, 0.3) is 15.9 Å². The van der Waals surface area contributed by atoms with Crippen LogP contribution in [0.2, 0.25) is 0 Å². The number of carbonyl (C=O) groups is 2. The van der Waals surface area contributed by atoms with Crippen molar-refractivity contribution in [1.29, 1.82) is 0 Å². The molecule has 1 atom stereocenters. The smallest absolute Gasteiger partial charge is 0.262 e. The van der Waals surface area contributed by atoms with Crippen molar-refractivity contribution in [3.8, 4) is 0 Å². The molecule has 2 N–H and O–H groups in total. The molecule has 0 aliphatic carbocycles. The van der Waals surface area contributed by atoms with Gasteiger partial charge in [-0.25, -0.2) is 8.42 Å². The zero-order valence-electron chi connectivity index (χ0n) is 18.6. The summed E-state index contributed by atoms with van der Waals surface area (Å²) in [6.45, 7) is 1.67. The first-order valence-corrected chi connectivity index (χ1v) is 12.3. The van der Waals surface area contributed by atoms with Crippen LogP contribution in [0.15, 0.2) is 95.9 Å². The zero-order chi connectivity index (χ0) is 24.1. The van der Waals surface area contributed by atoms with Crippen molar-refractivity contribution in [3.63, 3.8) is 0 Å². The van der Waals surface area contributed by atoms with Crippen LogP contribution in [0.3, 0.4) is 0 Å². The molecule has 0 radical (unpaired) electrons. The predicted octanol–water partition coefficient (Wildman–Crippen LogP) is 4.49. The lowest BCUT2D eigenvalue weighted by Gasteiger charge is -2.15. The highest BCUT2D eigenvalue weighted by Gasteiger charge is 2.21. The number of anilines is 1. The van der Waals surface area contributed by atoms with E-state index in [1.54, 1.807) is 31.2 Å². The lowest BCUT2D eigenvalue weighted by Crippen LogP contribution is -2.37. The van der Waals surface area contributed by atoms with Gasteiger partial charge in [-0.3, -0.25) is 9.52 Å². The summed E-state index contributed by atoms with van der Waals surface area (Å²) in [4.78, 5) is 24.3. The lowest BCUT2D eigenvalue weighted by atomic mass is 10.1. The molecule has 0 unspecified atom stereocenters. The van der Waals surface area contributed by atoms with Crippen molar-refractivity contribution in [2.45, 2.75) is 24.3 Å². The molecule has 4 aromatic carbocycles. The topological polar surface area (TPSA) is 92.3 Å². The first-order chi connectivity index (χ1) is 16.4. The third-order valence-electron chi connectivity index (χ3n) is 5.52. The Morgan fingerprint density at radius 2 is 1.59 bits per heavy atom. The second kappa shape index (κ2) is 9.89. The van der Waals surface area contributed by atoms with Crippen molar-refractivity contribution in [2.24, 2.45) is 0 Å². The maximum absolute atomic E-state index is 13.2. The molecular formula is C27H24N2O4S. The molecule has 0 heterocycles. The van der Waals surface area contributed by atoms with E-state index in [-0.39, 0.29) is 10.5 Å². The van der Waals surface area contributed by atoms with Gasteiger partial charge < -0.3 is 10.1 Å². The number of benzene rings is 4. The second-order valence-electron chi connectivity index (χ2n) is 8.05. The van der Waals surface area contributed by atoms with E-state index in [0.717, 1.165) is 16.3 Å². The van der Waals surface area contributed by atoms with Crippen molar-refractivity contribution in [2.75, 3.05) is 4.72 Å². The minimum Gasteiger partial charge on any atom is -0.342 e. The molecule has 0 fully saturated rings. The standard InChI is InChI=1S/C27H24N2O4S/c1-19-11-12-23(27(31)28-25(18-30)15-20-7-3-2-4-8-20)17-26(19)34(32,33)29-24-14-13-21-9-5-6-10-22(21)16-24/h2-14,16-18,25,29H,15H2,1H3,(H,28,31)/t25-/m0/s1. The van der Waals surface area contributed by atoms with Crippen LogP contribution in [-0.4, -0.2) is 26.7 Å². The van der Waals surface area contributed by atoms with Gasteiger partial charge in [-0.1, -0.05) is 66.7 Å². The molecule has 1 amide bonds. The highest BCUT2D eigenvalue weighted by atomic mass is 32.2. The summed E-state index contributed by atoms with van der Waals surface area (Å²) >= 11 is 0. The Morgan fingerprint density at radius 1 is 0.882 bits per heavy atom. The monoisotopic (exact) mass is 472 g/mol. The molecule has 172 valence electrons. The van der Waals surface area contributed by atoms with E-state index in [4.69, 9.17) is 0 Å². The van der Waals surface area contributed by atoms with E-state index in [0.29, 0.717) is 24.0 Å². The number of hydrogen-bond donors (Lipinski definition) is 2. The Kier molecular flexibility index (Phi) is 6.75. The third-order valence-corrected chi connectivity index (χ3v) is 7.04. The fourth-order valence-corrected chi connectivity index (χ4v) is 5.07. The highest BCUT2D eigenvalue weighted by molar-refractivity contribution is 7.92. The van der Waals surface area contributed by atoms with Crippen LogP contribution in [0.1, 0.15) is 21.5 Å². The molecule has 4 rings (SSSR count). The molecule has 6 nitrogen and oxygen atoms in total. The van der Waals surface area contributed by atoms with Crippen molar-refractivity contribution < 1.29 is 18.0 Å². The van der Waals surface area contributed by atoms with Gasteiger partial charge in [0.15, 0.2) is 0 Å². The number of fused-ring (bicyclic) bond motifs is 1. The van der Waals surface area contributed by atoms with Crippen LogP contribution < -0.4 is 10.0 Å². The van der Waals surface area contributed by atoms with Crippen LogP contribution in [0.4, 0.5) is 5.69 Å². The predicted molar refractivity (Wildman–Crippen MR) is 133 cm³/mol. The van der Waals surface area contributed by atoms with Gasteiger partial charge in [-0.2, -0.15) is 0 Å². The van der Waals surface area contributed by atoms with Crippen molar-refractivity contribution in [1.82, 2.24) is 5.32 Å². The van der Waals surface area contributed by atoms with Crippen LogP contribution >= 0.6 is 0 Å². The molecule has 0 aromatic heterocycles. The molecule has 0 saturated heterocycles. The maximum atomic E-state index is 13.2. The molecular weight excluding hydrogens is 448 g/mol. The minimum atomic E-state index is -3.95. The van der Waals surface area contributed by atoms with Gasteiger partial charge >= 0.3 is 0 Å². The van der Waals surface area contributed by atoms with Gasteiger partial charge in [0.2, 0.25) is 0 Å². The summed E-state index contributed by atoms with van der Waals surface area (Å²) in [6.07, 6.45) is 1.02. The lowest BCUT2D eigenvalue weighted by molar-refractivity contribution is -0.109. The Hall–Kier alpha value is -3.97. The van der Waals surface area contributed by atoms with Crippen LogP contribution in [0.5, 0.6) is 0 Å². The Labute approximate surface area is 198 Å². The van der Waals surface area contributed by atoms with Gasteiger partial charge in [-0.05, 0) is 59.5 Å². The second-order valence-corrected chi connectivity index (χ2v) is 9.70. The van der Waals surface area contributed by atoms with E-state index in [2.05, 4.69) is 10.0 Å². The molecule has 0 saturated carbocycles. The number of hydrogen-bond acceptors (Lipinski definition) is 4. The molecule has 0 bridgehead atoms. The molecule has 0 aliphatic heterocycles. The van der Waals surface area contributed by atoms with Crippen molar-refractivity contribution >= 4 is 38.7 Å². The maximum Gasteiger partial charge on any atom is 0.262 e. The fraction of sp³-hybridized carbons (Fsp3) is 0.111. The van der Waals surface area contributed by atoms with E-state index >= 15 is 0 Å². The summed E-state index contributed by atoms with van der Waals surface area (Å²) in [7, 11) is -3.95. The average Bonchev–Trinajstić information content (AvgIpc) is 2.84. The number of rotatable bonds is 8. The summed E-state index contributed by atoms with van der Waals surface area (Å²) in [6, 6.07) is 26.0. The van der Waals surface area contributed by atoms with Gasteiger partial charge in [-0.15, -0.1) is 0 Å². The molecule has 0 aliphatic rings. The largest absolute Gasteiger partial charge is 0.342 e. The van der Waals surface area contributed by atoms with Gasteiger partial charge in [0.05, 0.1) is 10.9 Å². The van der Waals surface area contributed by atoms with Crippen LogP contribution in [0.25, 0.3) is 10.8 Å². The van der Waals surface area contributed by atoms with Crippen LogP contribution in [-0.2, 0) is 21.2 Å². The normalized spacial score (nSPS) is 12.1. The first-order valence-electron chi connectivity index (χ1n) is 10.8. The van der Waals surface area contributed by atoms with Crippen LogP contribution in [0, 0.1) is 6.92 Å². The minimum absolute atomic E-state index is 0.000906. The average molecular weight is 473 g/mol. The SMILES string of the molecule is Cc1ccc(C(=O)N[C@H](C=O)Cc2ccccc2)cc1S(=O)(=O)Nc1ccc2ccccc2c1. The highest BCUT2D eigenvalue weighted by Crippen LogP contribution is 2.24. The summed E-state index contributed by atoms with van der Waals surface area (Å²) in [5.41, 5.74) is 1.99. The Bertz CT molecular complexity index is 1450. The molecule has 0 spiro atoms. The molecule has 34 heavy (non-hydrogen) atoms. The van der Waals surface area contributed by atoms with E-state index in [9.17, 15) is 18.0 Å². The van der Waals surface area contributed by atoms with E-state index in [1.807, 2.05) is 60.7 Å². The summed E-state index contributed by atoms with van der Waals surface area (Å²) in [5.74, 6) is -0.518.